The highest BCUT2D eigenvalue weighted by Crippen LogP contribution is 2.38. The van der Waals surface area contributed by atoms with Crippen LogP contribution in [0.1, 0.15) is 42.1 Å². The van der Waals surface area contributed by atoms with E-state index < -0.39 is 6.10 Å². The molecule has 1 atom stereocenters. The summed E-state index contributed by atoms with van der Waals surface area (Å²) in [5, 5.41) is 19.2. The number of hydrogen-bond acceptors (Lipinski definition) is 5. The van der Waals surface area contributed by atoms with Crippen LogP contribution < -0.4 is 0 Å². The molecule has 2 aromatic rings. The number of β-amino-alcohol motifs (C(OH)–C–C–N with tert-alkyl or cyclic N) is 1. The molecule has 0 unspecified atom stereocenters. The van der Waals surface area contributed by atoms with Gasteiger partial charge in [0.1, 0.15) is 11.6 Å². The summed E-state index contributed by atoms with van der Waals surface area (Å²) in [6, 6.07) is 9.93. The molecule has 6 heteroatoms. The first-order chi connectivity index (χ1) is 12.2. The largest absolute Gasteiger partial charge is 0.387 e. The maximum absolute atomic E-state index is 10.4. The van der Waals surface area contributed by atoms with Gasteiger partial charge in [-0.1, -0.05) is 30.3 Å². The van der Waals surface area contributed by atoms with Crippen LogP contribution in [0.4, 0.5) is 0 Å². The summed E-state index contributed by atoms with van der Waals surface area (Å²) in [5.41, 5.74) is 0.997. The zero-order valence-corrected chi connectivity index (χ0v) is 14.9. The molecular formula is C19H27N5O. The minimum atomic E-state index is -0.410. The highest BCUT2D eigenvalue weighted by Gasteiger charge is 2.29. The van der Waals surface area contributed by atoms with Gasteiger partial charge in [-0.2, -0.15) is 0 Å². The molecule has 2 aliphatic rings. The van der Waals surface area contributed by atoms with E-state index in [-0.39, 0.29) is 0 Å². The van der Waals surface area contributed by atoms with Gasteiger partial charge in [0, 0.05) is 45.7 Å². The quantitative estimate of drug-likeness (QED) is 0.864. The molecule has 0 amide bonds. The van der Waals surface area contributed by atoms with Crippen LogP contribution in [-0.2, 0) is 13.6 Å². The Morgan fingerprint density at radius 3 is 2.40 bits per heavy atom. The fraction of sp³-hybridized carbons (Fsp3) is 0.579. The number of aliphatic hydroxyl groups excluding tert-OH is 1. The van der Waals surface area contributed by atoms with Gasteiger partial charge < -0.3 is 9.67 Å². The van der Waals surface area contributed by atoms with E-state index in [4.69, 9.17) is 0 Å². The smallest absolute Gasteiger partial charge is 0.146 e. The summed E-state index contributed by atoms with van der Waals surface area (Å²) in [4.78, 5) is 4.78. The van der Waals surface area contributed by atoms with Crippen molar-refractivity contribution in [2.75, 3.05) is 32.7 Å². The van der Waals surface area contributed by atoms with Gasteiger partial charge in [0.05, 0.1) is 12.6 Å². The van der Waals surface area contributed by atoms with Gasteiger partial charge in [-0.25, -0.2) is 0 Å². The van der Waals surface area contributed by atoms with Crippen LogP contribution in [0.2, 0.25) is 0 Å². The van der Waals surface area contributed by atoms with Crippen molar-refractivity contribution in [2.45, 2.75) is 31.4 Å². The first kappa shape index (κ1) is 16.7. The molecule has 2 heterocycles. The Bertz CT molecular complexity index is 689. The van der Waals surface area contributed by atoms with Crippen LogP contribution in [-0.4, -0.2) is 62.4 Å². The third-order valence-corrected chi connectivity index (χ3v) is 5.39. The minimum Gasteiger partial charge on any atom is -0.387 e. The molecule has 2 fully saturated rings. The molecule has 6 nitrogen and oxygen atoms in total. The zero-order chi connectivity index (χ0) is 17.2. The van der Waals surface area contributed by atoms with E-state index in [2.05, 4.69) is 31.6 Å². The summed E-state index contributed by atoms with van der Waals surface area (Å²) in [6.45, 7) is 5.55. The van der Waals surface area contributed by atoms with E-state index in [9.17, 15) is 5.11 Å². The van der Waals surface area contributed by atoms with Gasteiger partial charge in [-0.05, 0) is 18.4 Å². The molecule has 1 aliphatic heterocycles. The average Bonchev–Trinajstić information content (AvgIpc) is 3.42. The van der Waals surface area contributed by atoms with E-state index in [1.54, 1.807) is 0 Å². The molecule has 1 aromatic carbocycles. The number of aliphatic hydroxyl groups is 1. The first-order valence-electron chi connectivity index (χ1n) is 9.26. The summed E-state index contributed by atoms with van der Waals surface area (Å²) >= 11 is 0. The van der Waals surface area contributed by atoms with Crippen molar-refractivity contribution in [1.29, 1.82) is 0 Å². The lowest BCUT2D eigenvalue weighted by molar-refractivity contribution is 0.0689. The lowest BCUT2D eigenvalue weighted by Gasteiger charge is -2.35. The van der Waals surface area contributed by atoms with Crippen molar-refractivity contribution < 1.29 is 5.11 Å². The molecule has 25 heavy (non-hydrogen) atoms. The Morgan fingerprint density at radius 1 is 1.04 bits per heavy atom. The second kappa shape index (κ2) is 7.23. The van der Waals surface area contributed by atoms with Crippen LogP contribution in [0.25, 0.3) is 0 Å². The van der Waals surface area contributed by atoms with Gasteiger partial charge in [-0.15, -0.1) is 10.2 Å². The predicted molar refractivity (Wildman–Crippen MR) is 96.1 cm³/mol. The first-order valence-corrected chi connectivity index (χ1v) is 9.26. The molecule has 1 N–H and O–H groups in total. The molecule has 0 bridgehead atoms. The van der Waals surface area contributed by atoms with Crippen molar-refractivity contribution in [2.24, 2.45) is 7.05 Å². The molecule has 0 spiro atoms. The maximum atomic E-state index is 10.4. The molecule has 0 radical (unpaired) electrons. The fourth-order valence-corrected chi connectivity index (χ4v) is 3.57. The van der Waals surface area contributed by atoms with Gasteiger partial charge in [0.25, 0.3) is 0 Å². The van der Waals surface area contributed by atoms with Crippen molar-refractivity contribution in [1.82, 2.24) is 24.6 Å². The Labute approximate surface area is 149 Å². The monoisotopic (exact) mass is 341 g/mol. The van der Waals surface area contributed by atoms with Crippen LogP contribution in [0.3, 0.4) is 0 Å². The van der Waals surface area contributed by atoms with Crippen molar-refractivity contribution >= 4 is 0 Å². The van der Waals surface area contributed by atoms with Crippen LogP contribution in [0, 0.1) is 0 Å². The highest BCUT2D eigenvalue weighted by molar-refractivity contribution is 5.17. The maximum Gasteiger partial charge on any atom is 0.146 e. The summed E-state index contributed by atoms with van der Waals surface area (Å²) in [5.74, 6) is 2.86. The Hall–Kier alpha value is -1.76. The third kappa shape index (κ3) is 3.92. The van der Waals surface area contributed by atoms with E-state index in [1.807, 2.05) is 30.3 Å². The van der Waals surface area contributed by atoms with Crippen molar-refractivity contribution in [3.8, 4) is 0 Å². The van der Waals surface area contributed by atoms with Crippen molar-refractivity contribution in [3.63, 3.8) is 0 Å². The average molecular weight is 341 g/mol. The number of piperazine rings is 1. The highest BCUT2D eigenvalue weighted by atomic mass is 16.3. The molecule has 134 valence electrons. The summed E-state index contributed by atoms with van der Waals surface area (Å²) in [7, 11) is 2.09. The normalized spacial score (nSPS) is 20.7. The summed E-state index contributed by atoms with van der Waals surface area (Å²) < 4.78 is 2.18. The van der Waals surface area contributed by atoms with Gasteiger partial charge in [0.15, 0.2) is 0 Å². The second-order valence-electron chi connectivity index (χ2n) is 7.31. The Morgan fingerprint density at radius 2 is 1.72 bits per heavy atom. The third-order valence-electron chi connectivity index (χ3n) is 5.39. The van der Waals surface area contributed by atoms with E-state index in [0.29, 0.717) is 12.5 Å². The standard InChI is InChI=1S/C19H27N5O/c1-22-18(20-21-19(22)16-7-8-16)14-24-11-9-23(10-12-24)13-17(25)15-5-3-2-4-6-15/h2-6,16-17,25H,7-14H2,1H3/t17-/m0/s1. The SMILES string of the molecule is Cn1c(CN2CCN(C[C@H](O)c3ccccc3)CC2)nnc1C1CC1. The van der Waals surface area contributed by atoms with Gasteiger partial charge in [0.2, 0.25) is 0 Å². The Kier molecular flexibility index (Phi) is 4.83. The number of benzene rings is 1. The summed E-state index contributed by atoms with van der Waals surface area (Å²) in [6.07, 6.45) is 2.11. The van der Waals surface area contributed by atoms with E-state index in [0.717, 1.165) is 49.9 Å². The second-order valence-corrected chi connectivity index (χ2v) is 7.31. The van der Waals surface area contributed by atoms with Crippen LogP contribution >= 0.6 is 0 Å². The van der Waals surface area contributed by atoms with Gasteiger partial charge in [-0.3, -0.25) is 9.80 Å². The molecule has 1 aliphatic carbocycles. The molecule has 1 aromatic heterocycles. The molecule has 1 saturated carbocycles. The number of hydrogen-bond donors (Lipinski definition) is 1. The molecular weight excluding hydrogens is 314 g/mol. The molecule has 1 saturated heterocycles. The lowest BCUT2D eigenvalue weighted by Crippen LogP contribution is -2.47. The number of rotatable bonds is 6. The molecule has 4 rings (SSSR count). The topological polar surface area (TPSA) is 57.4 Å². The zero-order valence-electron chi connectivity index (χ0n) is 14.9. The Balaban J connectivity index is 1.27. The minimum absolute atomic E-state index is 0.410. The van der Waals surface area contributed by atoms with Crippen LogP contribution in [0.15, 0.2) is 30.3 Å². The van der Waals surface area contributed by atoms with E-state index >= 15 is 0 Å². The number of aromatic nitrogens is 3. The fourth-order valence-electron chi connectivity index (χ4n) is 3.57. The van der Waals surface area contributed by atoms with Crippen LogP contribution in [0.5, 0.6) is 0 Å². The van der Waals surface area contributed by atoms with Crippen molar-refractivity contribution in [3.05, 3.63) is 47.5 Å². The van der Waals surface area contributed by atoms with E-state index in [1.165, 1.54) is 12.8 Å². The predicted octanol–water partition coefficient (Wildman–Crippen LogP) is 1.54. The lowest BCUT2D eigenvalue weighted by atomic mass is 10.1. The number of nitrogens with zero attached hydrogens (tertiary/aromatic N) is 5. The van der Waals surface area contributed by atoms with Gasteiger partial charge >= 0.3 is 0 Å².